The maximum absolute atomic E-state index is 5.98. The fourth-order valence-electron chi connectivity index (χ4n) is 2.53. The summed E-state index contributed by atoms with van der Waals surface area (Å²) in [6.07, 6.45) is 0. The molecule has 2 rings (SSSR count). The third-order valence-corrected chi connectivity index (χ3v) is 3.48. The third-order valence-electron chi connectivity index (χ3n) is 3.48. The maximum atomic E-state index is 5.98. The second kappa shape index (κ2) is 6.25. The van der Waals surface area contributed by atoms with E-state index < -0.39 is 0 Å². The third kappa shape index (κ3) is 3.11. The van der Waals surface area contributed by atoms with Gasteiger partial charge >= 0.3 is 0 Å². The monoisotopic (exact) mass is 273 g/mol. The lowest BCUT2D eigenvalue weighted by atomic mass is 9.99. The van der Waals surface area contributed by atoms with E-state index in [1.165, 1.54) is 27.5 Å². The smallest absolute Gasteiger partial charge is 0.125 e. The molecule has 0 amide bonds. The molecule has 0 aliphatic carbocycles. The van der Waals surface area contributed by atoms with Crippen molar-refractivity contribution < 1.29 is 9.57 Å². The van der Waals surface area contributed by atoms with Crippen LogP contribution in [0.3, 0.4) is 0 Å². The second-order valence-corrected chi connectivity index (χ2v) is 5.41. The summed E-state index contributed by atoms with van der Waals surface area (Å²) in [6, 6.07) is 8.87. The Kier molecular flexibility index (Phi) is 4.63. The molecular weight excluding hydrogens is 250 g/mol. The molecule has 0 aliphatic rings. The van der Waals surface area contributed by atoms with Crippen molar-refractivity contribution >= 4 is 10.8 Å². The van der Waals surface area contributed by atoms with Crippen molar-refractivity contribution in [1.29, 1.82) is 0 Å². The van der Waals surface area contributed by atoms with Crippen molar-refractivity contribution in [3.8, 4) is 5.75 Å². The van der Waals surface area contributed by atoms with E-state index in [-0.39, 0.29) is 6.04 Å². The first kappa shape index (κ1) is 14.8. The Balaban J connectivity index is 2.31. The van der Waals surface area contributed by atoms with Crippen LogP contribution in [0.5, 0.6) is 5.75 Å². The summed E-state index contributed by atoms with van der Waals surface area (Å²) in [5, 5.41) is 2.53. The molecular formula is C17H23NO2. The lowest BCUT2D eigenvalue weighted by Crippen LogP contribution is -2.31. The molecule has 0 spiro atoms. The molecule has 1 N–H and O–H groups in total. The molecule has 3 heteroatoms. The molecule has 0 heterocycles. The van der Waals surface area contributed by atoms with Crippen LogP contribution in [-0.4, -0.2) is 19.8 Å². The van der Waals surface area contributed by atoms with Crippen LogP contribution in [-0.2, 0) is 4.84 Å². The van der Waals surface area contributed by atoms with Gasteiger partial charge in [0.25, 0.3) is 0 Å². The number of aryl methyl sites for hydroxylation is 3. The molecule has 1 atom stereocenters. The number of hydrogen-bond donors (Lipinski definition) is 1. The summed E-state index contributed by atoms with van der Waals surface area (Å²) < 4.78 is 5.98. The van der Waals surface area contributed by atoms with E-state index in [2.05, 4.69) is 50.5 Å². The van der Waals surface area contributed by atoms with Crippen LogP contribution in [0.25, 0.3) is 10.8 Å². The molecule has 20 heavy (non-hydrogen) atoms. The molecule has 3 nitrogen and oxygen atoms in total. The zero-order valence-corrected chi connectivity index (χ0v) is 12.9. The minimum absolute atomic E-state index is 0.146. The SMILES string of the molecule is CONC(C)COc1c(C)cc2cc(C)ccc2c1C. The number of benzene rings is 2. The molecule has 2 aromatic carbocycles. The maximum Gasteiger partial charge on any atom is 0.125 e. The summed E-state index contributed by atoms with van der Waals surface area (Å²) in [5.41, 5.74) is 6.52. The standard InChI is InChI=1S/C17H23NO2/c1-11-6-7-16-14(4)17(12(2)9-15(16)8-11)20-10-13(3)18-19-5/h6-9,13,18H,10H2,1-5H3. The number of rotatable bonds is 5. The lowest BCUT2D eigenvalue weighted by Gasteiger charge is -2.18. The molecule has 1 unspecified atom stereocenters. The molecule has 0 radical (unpaired) electrons. The van der Waals surface area contributed by atoms with E-state index in [4.69, 9.17) is 9.57 Å². The largest absolute Gasteiger partial charge is 0.491 e. The first-order valence-corrected chi connectivity index (χ1v) is 6.94. The van der Waals surface area contributed by atoms with E-state index in [1.54, 1.807) is 7.11 Å². The summed E-state index contributed by atoms with van der Waals surface area (Å²) >= 11 is 0. The molecule has 0 bridgehead atoms. The highest BCUT2D eigenvalue weighted by molar-refractivity contribution is 5.89. The topological polar surface area (TPSA) is 30.5 Å². The number of nitrogens with one attached hydrogen (secondary N) is 1. The van der Waals surface area contributed by atoms with Crippen LogP contribution in [0, 0.1) is 20.8 Å². The van der Waals surface area contributed by atoms with Crippen molar-refractivity contribution in [3.63, 3.8) is 0 Å². The predicted molar refractivity (Wildman–Crippen MR) is 83.3 cm³/mol. The Bertz CT molecular complexity index is 607. The predicted octanol–water partition coefficient (Wildman–Crippen LogP) is 3.68. The molecule has 0 fully saturated rings. The van der Waals surface area contributed by atoms with Crippen LogP contribution in [0.15, 0.2) is 24.3 Å². The average molecular weight is 273 g/mol. The van der Waals surface area contributed by atoms with Gasteiger partial charge in [0.15, 0.2) is 0 Å². The minimum Gasteiger partial charge on any atom is -0.491 e. The van der Waals surface area contributed by atoms with Gasteiger partial charge in [-0.05, 0) is 55.7 Å². The van der Waals surface area contributed by atoms with Crippen molar-refractivity contribution in [2.24, 2.45) is 0 Å². The van der Waals surface area contributed by atoms with Gasteiger partial charge in [-0.3, -0.25) is 0 Å². The highest BCUT2D eigenvalue weighted by Gasteiger charge is 2.10. The number of ether oxygens (including phenoxy) is 1. The van der Waals surface area contributed by atoms with Crippen molar-refractivity contribution in [1.82, 2.24) is 5.48 Å². The molecule has 108 valence electrons. The van der Waals surface area contributed by atoms with Crippen LogP contribution < -0.4 is 10.2 Å². The van der Waals surface area contributed by atoms with Crippen LogP contribution >= 0.6 is 0 Å². The van der Waals surface area contributed by atoms with E-state index in [0.717, 1.165) is 5.75 Å². The lowest BCUT2D eigenvalue weighted by molar-refractivity contribution is 0.0500. The zero-order chi connectivity index (χ0) is 14.7. The summed E-state index contributed by atoms with van der Waals surface area (Å²) in [5.74, 6) is 0.978. The Morgan fingerprint density at radius 2 is 1.90 bits per heavy atom. The van der Waals surface area contributed by atoms with Gasteiger partial charge in [0.1, 0.15) is 12.4 Å². The van der Waals surface area contributed by atoms with E-state index in [1.807, 2.05) is 6.92 Å². The molecule has 2 aromatic rings. The highest BCUT2D eigenvalue weighted by Crippen LogP contribution is 2.31. The van der Waals surface area contributed by atoms with Gasteiger partial charge in [0, 0.05) is 0 Å². The molecule has 0 saturated heterocycles. The second-order valence-electron chi connectivity index (χ2n) is 5.41. The normalized spacial score (nSPS) is 12.7. The van der Waals surface area contributed by atoms with E-state index >= 15 is 0 Å². The Morgan fingerprint density at radius 1 is 1.15 bits per heavy atom. The fourth-order valence-corrected chi connectivity index (χ4v) is 2.53. The van der Waals surface area contributed by atoms with E-state index in [9.17, 15) is 0 Å². The Labute approximate surface area is 120 Å². The van der Waals surface area contributed by atoms with Gasteiger partial charge in [0.05, 0.1) is 13.2 Å². The Hall–Kier alpha value is -1.58. The number of hydrogen-bond acceptors (Lipinski definition) is 3. The van der Waals surface area contributed by atoms with Crippen LogP contribution in [0.4, 0.5) is 0 Å². The van der Waals surface area contributed by atoms with Gasteiger partial charge < -0.3 is 9.57 Å². The van der Waals surface area contributed by atoms with Gasteiger partial charge in [0.2, 0.25) is 0 Å². The molecule has 0 aliphatic heterocycles. The molecule has 0 aromatic heterocycles. The van der Waals surface area contributed by atoms with Gasteiger partial charge in [-0.1, -0.05) is 23.8 Å². The molecule has 0 saturated carbocycles. The summed E-state index contributed by atoms with van der Waals surface area (Å²) in [4.78, 5) is 4.91. The number of hydroxylamine groups is 1. The van der Waals surface area contributed by atoms with Gasteiger partial charge in [-0.2, -0.15) is 5.48 Å². The number of fused-ring (bicyclic) bond motifs is 1. The highest BCUT2D eigenvalue weighted by atomic mass is 16.6. The Morgan fingerprint density at radius 3 is 2.60 bits per heavy atom. The zero-order valence-electron chi connectivity index (χ0n) is 12.9. The van der Waals surface area contributed by atoms with Gasteiger partial charge in [-0.15, -0.1) is 0 Å². The first-order valence-electron chi connectivity index (χ1n) is 6.94. The van der Waals surface area contributed by atoms with Crippen molar-refractivity contribution in [2.45, 2.75) is 33.7 Å². The average Bonchev–Trinajstić information content (AvgIpc) is 2.38. The van der Waals surface area contributed by atoms with Crippen molar-refractivity contribution in [3.05, 3.63) is 41.0 Å². The fraction of sp³-hybridized carbons (Fsp3) is 0.412. The first-order chi connectivity index (χ1) is 9.52. The van der Waals surface area contributed by atoms with Gasteiger partial charge in [-0.25, -0.2) is 0 Å². The summed E-state index contributed by atoms with van der Waals surface area (Å²) in [7, 11) is 1.62. The van der Waals surface area contributed by atoms with E-state index in [0.29, 0.717) is 6.61 Å². The quantitative estimate of drug-likeness (QED) is 0.843. The minimum atomic E-state index is 0.146. The van der Waals surface area contributed by atoms with Crippen LogP contribution in [0.2, 0.25) is 0 Å². The van der Waals surface area contributed by atoms with Crippen LogP contribution in [0.1, 0.15) is 23.6 Å². The summed E-state index contributed by atoms with van der Waals surface area (Å²) in [6.45, 7) is 8.94. The van der Waals surface area contributed by atoms with Crippen molar-refractivity contribution in [2.75, 3.05) is 13.7 Å².